The summed E-state index contributed by atoms with van der Waals surface area (Å²) in [5.41, 5.74) is 5.09. The Hall–Kier alpha value is -1.42. The Bertz CT molecular complexity index is 854. The molecule has 0 aromatic carbocycles. The van der Waals surface area contributed by atoms with E-state index in [2.05, 4.69) is 18.7 Å². The topological polar surface area (TPSA) is 46.6 Å². The molecule has 0 aromatic heterocycles. The molecule has 2 saturated heterocycles. The fourth-order valence-corrected chi connectivity index (χ4v) is 8.65. The van der Waals surface area contributed by atoms with Gasteiger partial charge in [0.25, 0.3) is 0 Å². The molecule has 0 bridgehead atoms. The summed E-state index contributed by atoms with van der Waals surface area (Å²) in [4.78, 5) is 28.8. The summed E-state index contributed by atoms with van der Waals surface area (Å²) in [5.74, 6) is 1.59. The lowest BCUT2D eigenvalue weighted by Gasteiger charge is -2.56. The average molecular weight is 367 g/mol. The lowest BCUT2D eigenvalue weighted by Crippen LogP contribution is -2.58. The van der Waals surface area contributed by atoms with E-state index >= 15 is 0 Å². The number of hydrogen-bond acceptors (Lipinski definition) is 4. The Kier molecular flexibility index (Phi) is 3.03. The first-order chi connectivity index (χ1) is 12.9. The number of hydrogen-bond donors (Lipinski definition) is 0. The quantitative estimate of drug-likeness (QED) is 0.668. The van der Waals surface area contributed by atoms with Gasteiger partial charge in [-0.25, -0.2) is 4.79 Å². The molecule has 0 N–H and O–H groups in total. The normalized spacial score (nSPS) is 47.4. The maximum Gasteiger partial charge on any atom is 0.334 e. The Morgan fingerprint density at radius 3 is 2.78 bits per heavy atom. The van der Waals surface area contributed by atoms with E-state index in [1.807, 2.05) is 0 Å². The van der Waals surface area contributed by atoms with Gasteiger partial charge >= 0.3 is 5.97 Å². The number of methoxy groups -OCH3 is 1. The summed E-state index contributed by atoms with van der Waals surface area (Å²) in [6.45, 7) is 6.97. The number of rotatable bonds is 1. The van der Waals surface area contributed by atoms with Crippen LogP contribution in [0, 0.1) is 28.6 Å². The lowest BCUT2D eigenvalue weighted by molar-refractivity contribution is -0.142. The number of allylic oxidation sites excluding steroid dienone is 3. The molecule has 2 heterocycles. The molecule has 27 heavy (non-hydrogen) atoms. The van der Waals surface area contributed by atoms with Gasteiger partial charge in [-0.15, -0.1) is 0 Å². The third kappa shape index (κ3) is 1.63. The summed E-state index contributed by atoms with van der Waals surface area (Å²) in [7, 11) is 1.49. The standard InChI is InChI=1S/C23H29NO3/c1-12-10-24-11-14-6-4-13-5-7-15-16(21(26)27-3)8-23(19(13)15)9-17(25)18(12)20(24)22(14,23)2/h12,14,18,20H,4-11H2,1-3H3. The third-order valence-corrected chi connectivity index (χ3v) is 9.55. The third-order valence-electron chi connectivity index (χ3n) is 9.55. The molecule has 0 amide bonds. The predicted octanol–water partition coefficient (Wildman–Crippen LogP) is 3.28. The fourth-order valence-electron chi connectivity index (χ4n) is 8.65. The molecular formula is C23H29NO3. The minimum Gasteiger partial charge on any atom is -0.466 e. The number of Topliss-reactive ketones (excluding diaryl/α,β-unsaturated/α-hetero) is 1. The Balaban J connectivity index is 1.60. The van der Waals surface area contributed by atoms with Crippen LogP contribution in [0.2, 0.25) is 0 Å². The molecule has 4 heteroatoms. The molecule has 6 atom stereocenters. The number of carbonyl (C=O) groups is 2. The summed E-state index contributed by atoms with van der Waals surface area (Å²) in [5, 5.41) is 0. The zero-order chi connectivity index (χ0) is 18.7. The van der Waals surface area contributed by atoms with E-state index in [9.17, 15) is 9.59 Å². The monoisotopic (exact) mass is 367 g/mol. The fraction of sp³-hybridized carbons (Fsp3) is 0.739. The highest BCUT2D eigenvalue weighted by molar-refractivity contribution is 5.94. The van der Waals surface area contributed by atoms with Crippen molar-refractivity contribution in [2.75, 3.05) is 20.2 Å². The second kappa shape index (κ2) is 4.94. The number of ether oxygens (including phenoxy) is 1. The molecule has 144 valence electrons. The smallest absolute Gasteiger partial charge is 0.334 e. The van der Waals surface area contributed by atoms with Crippen molar-refractivity contribution >= 4 is 11.8 Å². The van der Waals surface area contributed by atoms with Crippen molar-refractivity contribution in [3.8, 4) is 0 Å². The molecule has 3 fully saturated rings. The van der Waals surface area contributed by atoms with Crippen molar-refractivity contribution in [2.45, 2.75) is 58.4 Å². The van der Waals surface area contributed by atoms with Crippen LogP contribution < -0.4 is 0 Å². The molecule has 6 aliphatic rings. The Morgan fingerprint density at radius 2 is 2.00 bits per heavy atom. The van der Waals surface area contributed by atoms with E-state index in [4.69, 9.17) is 4.74 Å². The summed E-state index contributed by atoms with van der Waals surface area (Å²) in [6, 6.07) is 0.365. The highest BCUT2D eigenvalue weighted by Crippen LogP contribution is 2.74. The number of carbonyl (C=O) groups excluding carboxylic acids is 2. The van der Waals surface area contributed by atoms with E-state index < -0.39 is 0 Å². The zero-order valence-electron chi connectivity index (χ0n) is 16.6. The van der Waals surface area contributed by atoms with E-state index in [1.54, 1.807) is 5.57 Å². The van der Waals surface area contributed by atoms with Crippen molar-refractivity contribution in [1.82, 2.24) is 4.90 Å². The van der Waals surface area contributed by atoms with Gasteiger partial charge in [0.2, 0.25) is 0 Å². The van der Waals surface area contributed by atoms with E-state index in [-0.39, 0.29) is 22.7 Å². The molecule has 1 spiro atoms. The maximum absolute atomic E-state index is 13.5. The molecule has 1 saturated carbocycles. The van der Waals surface area contributed by atoms with Crippen molar-refractivity contribution in [2.24, 2.45) is 28.6 Å². The molecular weight excluding hydrogens is 338 g/mol. The van der Waals surface area contributed by atoms with Gasteiger partial charge in [-0.05, 0) is 60.5 Å². The number of nitrogens with zero attached hydrogens (tertiary/aromatic N) is 1. The second-order valence-electron chi connectivity index (χ2n) is 10.2. The van der Waals surface area contributed by atoms with Crippen LogP contribution in [0.4, 0.5) is 0 Å². The lowest BCUT2D eigenvalue weighted by atomic mass is 9.46. The SMILES string of the molecule is COC(=O)C1=C2CCC3=C2C2(CC(=O)C4C(C)CN5CC(CC3)C2(C)C45)C1. The van der Waals surface area contributed by atoms with Gasteiger partial charge in [-0.2, -0.15) is 0 Å². The van der Waals surface area contributed by atoms with Gasteiger partial charge in [0.1, 0.15) is 5.78 Å². The molecule has 0 aromatic rings. The molecule has 4 nitrogen and oxygen atoms in total. The van der Waals surface area contributed by atoms with Crippen LogP contribution in [0.1, 0.15) is 52.4 Å². The van der Waals surface area contributed by atoms with Crippen LogP contribution in [-0.4, -0.2) is 42.9 Å². The maximum atomic E-state index is 13.5. The van der Waals surface area contributed by atoms with Crippen molar-refractivity contribution in [3.63, 3.8) is 0 Å². The first-order valence-corrected chi connectivity index (χ1v) is 10.7. The van der Waals surface area contributed by atoms with Gasteiger partial charge < -0.3 is 4.74 Å². The largest absolute Gasteiger partial charge is 0.466 e. The molecule has 2 aliphatic heterocycles. The molecule has 6 unspecified atom stereocenters. The van der Waals surface area contributed by atoms with Crippen LogP contribution in [0.25, 0.3) is 0 Å². The van der Waals surface area contributed by atoms with Gasteiger partial charge in [-0.3, -0.25) is 9.69 Å². The number of esters is 1. The van der Waals surface area contributed by atoms with Crippen LogP contribution >= 0.6 is 0 Å². The van der Waals surface area contributed by atoms with Crippen molar-refractivity contribution < 1.29 is 14.3 Å². The predicted molar refractivity (Wildman–Crippen MR) is 101 cm³/mol. The van der Waals surface area contributed by atoms with Crippen LogP contribution in [0.3, 0.4) is 0 Å². The van der Waals surface area contributed by atoms with E-state index in [0.717, 1.165) is 44.3 Å². The average Bonchev–Trinajstić information content (AvgIpc) is 3.32. The summed E-state index contributed by atoms with van der Waals surface area (Å²) in [6.07, 6.45) is 5.84. The van der Waals surface area contributed by atoms with Gasteiger partial charge in [0.05, 0.1) is 7.11 Å². The second-order valence-corrected chi connectivity index (χ2v) is 10.2. The molecule has 6 rings (SSSR count). The van der Waals surface area contributed by atoms with Crippen molar-refractivity contribution in [3.05, 3.63) is 22.3 Å². The van der Waals surface area contributed by atoms with Gasteiger partial charge in [-0.1, -0.05) is 19.4 Å². The van der Waals surface area contributed by atoms with E-state index in [0.29, 0.717) is 30.1 Å². The minimum absolute atomic E-state index is 0.0960. The van der Waals surface area contributed by atoms with Crippen LogP contribution in [0.15, 0.2) is 22.3 Å². The highest BCUT2D eigenvalue weighted by Gasteiger charge is 2.73. The first-order valence-electron chi connectivity index (χ1n) is 10.7. The highest BCUT2D eigenvalue weighted by atomic mass is 16.5. The van der Waals surface area contributed by atoms with Crippen molar-refractivity contribution in [1.29, 1.82) is 0 Å². The molecule has 0 radical (unpaired) electrons. The minimum atomic E-state index is -0.162. The summed E-state index contributed by atoms with van der Waals surface area (Å²) >= 11 is 0. The Morgan fingerprint density at radius 1 is 1.19 bits per heavy atom. The van der Waals surface area contributed by atoms with Crippen LogP contribution in [-0.2, 0) is 14.3 Å². The summed E-state index contributed by atoms with van der Waals surface area (Å²) < 4.78 is 5.18. The zero-order valence-corrected chi connectivity index (χ0v) is 16.6. The first kappa shape index (κ1) is 16.5. The van der Waals surface area contributed by atoms with Gasteiger partial charge in [0.15, 0.2) is 0 Å². The van der Waals surface area contributed by atoms with E-state index in [1.165, 1.54) is 24.7 Å². The Labute approximate surface area is 161 Å². The van der Waals surface area contributed by atoms with Gasteiger partial charge in [0, 0.05) is 42.5 Å². The molecule has 4 aliphatic carbocycles. The number of ketones is 1. The van der Waals surface area contributed by atoms with Crippen LogP contribution in [0.5, 0.6) is 0 Å².